The summed E-state index contributed by atoms with van der Waals surface area (Å²) in [5.74, 6) is 1.62. The Bertz CT molecular complexity index is 1080. The maximum Gasteiger partial charge on any atom is 0.407 e. The molecule has 1 aromatic carbocycles. The first-order valence-corrected chi connectivity index (χ1v) is 13.0. The van der Waals surface area contributed by atoms with Gasteiger partial charge in [-0.25, -0.2) is 14.8 Å². The van der Waals surface area contributed by atoms with E-state index >= 15 is 0 Å². The Morgan fingerprint density at radius 1 is 1.17 bits per heavy atom. The van der Waals surface area contributed by atoms with Gasteiger partial charge in [-0.15, -0.1) is 0 Å². The molecule has 0 radical (unpaired) electrons. The van der Waals surface area contributed by atoms with Crippen LogP contribution in [0.25, 0.3) is 0 Å². The number of amides is 1. The van der Waals surface area contributed by atoms with Crippen molar-refractivity contribution in [3.63, 3.8) is 0 Å². The third kappa shape index (κ3) is 6.51. The van der Waals surface area contributed by atoms with Crippen LogP contribution in [-0.4, -0.2) is 62.2 Å². The van der Waals surface area contributed by atoms with Crippen molar-refractivity contribution in [2.75, 3.05) is 19.8 Å². The molecule has 4 rings (SSSR count). The highest BCUT2D eigenvalue weighted by molar-refractivity contribution is 7.75. The first-order chi connectivity index (χ1) is 17.1. The molecule has 2 saturated heterocycles. The fourth-order valence-corrected chi connectivity index (χ4v) is 5.21. The highest BCUT2D eigenvalue weighted by atomic mass is 32.2. The third-order valence-corrected chi connectivity index (χ3v) is 7.19. The Morgan fingerprint density at radius 2 is 1.83 bits per heavy atom. The second kappa shape index (κ2) is 11.1. The average Bonchev–Trinajstić information content (AvgIpc) is 2.83. The second-order valence-corrected chi connectivity index (χ2v) is 11.2. The molecule has 11 heteroatoms. The summed E-state index contributed by atoms with van der Waals surface area (Å²) in [6.07, 6.45) is 2.28. The molecule has 10 nitrogen and oxygen atoms in total. The Morgan fingerprint density at radius 3 is 2.47 bits per heavy atom. The Labute approximate surface area is 213 Å². The number of carboxylic acid groups (broad SMARTS) is 1. The van der Waals surface area contributed by atoms with Gasteiger partial charge in [0.2, 0.25) is 11.8 Å². The van der Waals surface area contributed by atoms with Gasteiger partial charge in [0, 0.05) is 31.3 Å². The molecule has 2 aliphatic heterocycles. The van der Waals surface area contributed by atoms with Crippen molar-refractivity contribution in [1.82, 2.24) is 14.9 Å². The summed E-state index contributed by atoms with van der Waals surface area (Å²) in [7, 11) is 0. The summed E-state index contributed by atoms with van der Waals surface area (Å²) in [6, 6.07) is 7.53. The first kappa shape index (κ1) is 26.3. The molecule has 0 bridgehead atoms. The van der Waals surface area contributed by atoms with E-state index in [4.69, 9.17) is 17.8 Å². The van der Waals surface area contributed by atoms with Crippen molar-refractivity contribution in [3.8, 4) is 17.5 Å². The van der Waals surface area contributed by atoms with Crippen LogP contribution < -0.4 is 9.47 Å². The molecule has 1 N–H and O–H groups in total. The number of hydrogen-bond acceptors (Lipinski definition) is 8. The van der Waals surface area contributed by atoms with E-state index in [9.17, 15) is 14.1 Å². The van der Waals surface area contributed by atoms with E-state index in [0.717, 1.165) is 12.0 Å². The summed E-state index contributed by atoms with van der Waals surface area (Å²) < 4.78 is 33.5. The van der Waals surface area contributed by atoms with Crippen LogP contribution >= 0.6 is 0 Å². The number of nitrogens with zero attached hydrogens (tertiary/aromatic N) is 3. The van der Waals surface area contributed by atoms with E-state index in [1.807, 2.05) is 52.0 Å². The number of benzene rings is 1. The highest BCUT2D eigenvalue weighted by Crippen LogP contribution is 2.35. The molecule has 2 aromatic rings. The first-order valence-electron chi connectivity index (χ1n) is 12.0. The fourth-order valence-electron chi connectivity index (χ4n) is 4.53. The Hall–Kier alpha value is -2.76. The van der Waals surface area contributed by atoms with Crippen LogP contribution in [0.3, 0.4) is 0 Å². The van der Waals surface area contributed by atoms with Crippen LogP contribution in [0.1, 0.15) is 44.7 Å². The van der Waals surface area contributed by atoms with Gasteiger partial charge in [0.1, 0.15) is 18.2 Å². The molecule has 0 unspecified atom stereocenters. The molecule has 36 heavy (non-hydrogen) atoms. The molecule has 1 amide bonds. The van der Waals surface area contributed by atoms with Gasteiger partial charge in [-0.05, 0) is 36.5 Å². The van der Waals surface area contributed by atoms with Gasteiger partial charge in [-0.3, -0.25) is 8.37 Å². The zero-order chi connectivity index (χ0) is 25.9. The molecule has 2 fully saturated rings. The number of hydrogen-bond donors (Lipinski definition) is 1. The fraction of sp³-hybridized carbons (Fsp3) is 0.560. The lowest BCUT2D eigenvalue weighted by Gasteiger charge is -2.44. The monoisotopic (exact) mass is 519 g/mol. The van der Waals surface area contributed by atoms with Crippen LogP contribution in [0.4, 0.5) is 4.79 Å². The molecular weight excluding hydrogens is 486 g/mol. The molecule has 0 aliphatic carbocycles. The Kier molecular flexibility index (Phi) is 8.11. The van der Waals surface area contributed by atoms with E-state index in [2.05, 4.69) is 9.97 Å². The summed E-state index contributed by atoms with van der Waals surface area (Å²) >= 11 is -1.63. The molecule has 1 aromatic heterocycles. The Balaban J connectivity index is 1.39. The number of likely N-dealkylation sites (tertiary alicyclic amines) is 1. The highest BCUT2D eigenvalue weighted by Gasteiger charge is 2.39. The predicted octanol–water partition coefficient (Wildman–Crippen LogP) is 4.30. The van der Waals surface area contributed by atoms with Gasteiger partial charge < -0.3 is 19.5 Å². The van der Waals surface area contributed by atoms with Gasteiger partial charge >= 0.3 is 17.5 Å². The van der Waals surface area contributed by atoms with E-state index in [0.29, 0.717) is 55.7 Å². The molecule has 3 heterocycles. The van der Waals surface area contributed by atoms with Gasteiger partial charge in [0.05, 0.1) is 18.8 Å². The van der Waals surface area contributed by atoms with Crippen LogP contribution in [0.2, 0.25) is 0 Å². The van der Waals surface area contributed by atoms with E-state index in [-0.39, 0.29) is 23.5 Å². The molecule has 0 saturated carbocycles. The van der Waals surface area contributed by atoms with Crippen LogP contribution in [-0.2, 0) is 26.1 Å². The standard InChI is InChI=1S/C25H33N3O7S/c1-16-22(34-19-7-5-17(6-8-19)11-18-13-32-36(31)33-14-18)26-15-27-23(16)35-20-9-10-28(24(29)30)21(12-20)25(2,3)4/h5-8,15,18,20-21H,9-14H2,1-4H3,(H,29,30)/t18?,20-,21-,36?/m1/s1. The average molecular weight is 520 g/mol. The SMILES string of the molecule is Cc1c(Oc2ccc(CC3COS(=O)OC3)cc2)ncnc1O[C@@H]1CCN(C(=O)O)[C@@H](C(C)(C)C)C1. The molecule has 196 valence electrons. The normalized spacial score (nSPS) is 24.8. The maximum atomic E-state index is 11.7. The van der Waals surface area contributed by atoms with Gasteiger partial charge in [0.15, 0.2) is 0 Å². The van der Waals surface area contributed by atoms with Crippen molar-refractivity contribution in [1.29, 1.82) is 0 Å². The van der Waals surface area contributed by atoms with Gasteiger partial charge in [0.25, 0.3) is 0 Å². The van der Waals surface area contributed by atoms with Crippen molar-refractivity contribution in [2.45, 2.75) is 59.1 Å². The summed E-state index contributed by atoms with van der Waals surface area (Å²) in [5, 5.41) is 9.60. The van der Waals surface area contributed by atoms with Gasteiger partial charge in [-0.2, -0.15) is 4.21 Å². The second-order valence-electron chi connectivity index (χ2n) is 10.3. The van der Waals surface area contributed by atoms with Crippen LogP contribution in [0.5, 0.6) is 17.5 Å². The predicted molar refractivity (Wildman–Crippen MR) is 132 cm³/mol. The molecule has 0 spiro atoms. The maximum absolute atomic E-state index is 11.7. The number of piperidine rings is 1. The number of ether oxygens (including phenoxy) is 2. The summed E-state index contributed by atoms with van der Waals surface area (Å²) in [4.78, 5) is 21.8. The largest absolute Gasteiger partial charge is 0.474 e. The van der Waals surface area contributed by atoms with Crippen molar-refractivity contribution >= 4 is 17.5 Å². The van der Waals surface area contributed by atoms with Gasteiger partial charge in [-0.1, -0.05) is 32.9 Å². The van der Waals surface area contributed by atoms with Crippen molar-refractivity contribution in [3.05, 3.63) is 41.7 Å². The van der Waals surface area contributed by atoms with Crippen LogP contribution in [0, 0.1) is 18.3 Å². The van der Waals surface area contributed by atoms with E-state index < -0.39 is 17.5 Å². The lowest BCUT2D eigenvalue weighted by atomic mass is 9.80. The lowest BCUT2D eigenvalue weighted by Crippen LogP contribution is -2.53. The van der Waals surface area contributed by atoms with Crippen molar-refractivity contribution in [2.24, 2.45) is 11.3 Å². The van der Waals surface area contributed by atoms with E-state index in [1.165, 1.54) is 11.2 Å². The number of aromatic nitrogens is 2. The number of carbonyl (C=O) groups is 1. The van der Waals surface area contributed by atoms with Crippen LogP contribution in [0.15, 0.2) is 30.6 Å². The summed E-state index contributed by atoms with van der Waals surface area (Å²) in [6.45, 7) is 9.20. The molecule has 2 atom stereocenters. The molecular formula is C25H33N3O7S. The van der Waals surface area contributed by atoms with Crippen molar-refractivity contribution < 1.29 is 31.9 Å². The zero-order valence-electron chi connectivity index (χ0n) is 21.0. The topological polar surface area (TPSA) is 120 Å². The lowest BCUT2D eigenvalue weighted by molar-refractivity contribution is 0.0113. The minimum Gasteiger partial charge on any atom is -0.474 e. The minimum absolute atomic E-state index is 0.151. The number of rotatable bonds is 6. The smallest absolute Gasteiger partial charge is 0.407 e. The summed E-state index contributed by atoms with van der Waals surface area (Å²) in [5.41, 5.74) is 1.56. The minimum atomic E-state index is -1.63. The quantitative estimate of drug-likeness (QED) is 0.595. The zero-order valence-corrected chi connectivity index (χ0v) is 21.8. The third-order valence-electron chi connectivity index (χ3n) is 6.53. The van der Waals surface area contributed by atoms with E-state index in [1.54, 1.807) is 0 Å². The molecule has 2 aliphatic rings.